The van der Waals surface area contributed by atoms with Crippen LogP contribution in [0.3, 0.4) is 0 Å². The lowest BCUT2D eigenvalue weighted by atomic mass is 10.0. The van der Waals surface area contributed by atoms with Crippen LogP contribution in [0.25, 0.3) is 17.4 Å². The third-order valence-corrected chi connectivity index (χ3v) is 5.19. The van der Waals surface area contributed by atoms with Gasteiger partial charge in [0.1, 0.15) is 17.2 Å². The predicted molar refractivity (Wildman–Crippen MR) is 131 cm³/mol. The number of hydrogen-bond donors (Lipinski definition) is 1. The zero-order valence-electron chi connectivity index (χ0n) is 17.7. The highest BCUT2D eigenvalue weighted by atomic mass is 32.1. The second-order valence-electron chi connectivity index (χ2n) is 7.30. The van der Waals surface area contributed by atoms with E-state index in [0.717, 1.165) is 16.9 Å². The number of nitrogens with zero attached hydrogens (tertiary/aromatic N) is 1. The van der Waals surface area contributed by atoms with E-state index in [1.54, 1.807) is 24.1 Å². The zero-order chi connectivity index (χ0) is 22.2. The molecule has 0 saturated heterocycles. The summed E-state index contributed by atoms with van der Waals surface area (Å²) >= 11 is 4.94. The molecule has 2 aromatic carbocycles. The minimum absolute atomic E-state index is 0.162. The lowest BCUT2D eigenvalue weighted by molar-refractivity contribution is -0.127. The van der Waals surface area contributed by atoms with Crippen molar-refractivity contribution in [1.82, 2.24) is 10.2 Å². The van der Waals surface area contributed by atoms with Gasteiger partial charge in [-0.05, 0) is 31.0 Å². The first-order valence-electron chi connectivity index (χ1n) is 10.0. The van der Waals surface area contributed by atoms with Gasteiger partial charge in [0.25, 0.3) is 5.91 Å². The SMILES string of the molecule is C=CC(Cc1ccccc1)N(C)C(=O)/C(=C\c1ccc(-c2ccc(C)cc2)o1)NC=S. The molecular weight excluding hydrogens is 404 g/mol. The number of carbonyl (C=O) groups is 1. The molecule has 1 heterocycles. The maximum atomic E-state index is 13.2. The third-order valence-electron chi connectivity index (χ3n) is 5.07. The predicted octanol–water partition coefficient (Wildman–Crippen LogP) is 5.40. The van der Waals surface area contributed by atoms with Gasteiger partial charge in [-0.3, -0.25) is 4.79 Å². The van der Waals surface area contributed by atoms with E-state index >= 15 is 0 Å². The molecular formula is C26H26N2O2S. The summed E-state index contributed by atoms with van der Waals surface area (Å²) in [5, 5.41) is 2.88. The highest BCUT2D eigenvalue weighted by Crippen LogP contribution is 2.24. The van der Waals surface area contributed by atoms with Crippen LogP contribution in [0.5, 0.6) is 0 Å². The largest absolute Gasteiger partial charge is 0.457 e. The molecule has 31 heavy (non-hydrogen) atoms. The molecule has 3 aromatic rings. The molecule has 1 amide bonds. The van der Waals surface area contributed by atoms with Gasteiger partial charge in [-0.2, -0.15) is 0 Å². The zero-order valence-corrected chi connectivity index (χ0v) is 18.6. The molecule has 0 saturated carbocycles. The lowest BCUT2D eigenvalue weighted by Gasteiger charge is -2.26. The fourth-order valence-corrected chi connectivity index (χ4v) is 3.38. The second-order valence-corrected chi connectivity index (χ2v) is 7.53. The Labute approximate surface area is 188 Å². The number of thiocarbonyl (C=S) groups is 1. The molecule has 3 rings (SSSR count). The number of amides is 1. The van der Waals surface area contributed by atoms with Crippen molar-refractivity contribution in [3.05, 3.63) is 102 Å². The van der Waals surface area contributed by atoms with E-state index in [-0.39, 0.29) is 11.9 Å². The summed E-state index contributed by atoms with van der Waals surface area (Å²) < 4.78 is 5.94. The van der Waals surface area contributed by atoms with Gasteiger partial charge in [0.15, 0.2) is 0 Å². The molecule has 158 valence electrons. The Balaban J connectivity index is 1.80. The lowest BCUT2D eigenvalue weighted by Crippen LogP contribution is -2.40. The van der Waals surface area contributed by atoms with E-state index in [9.17, 15) is 4.79 Å². The van der Waals surface area contributed by atoms with Crippen LogP contribution in [0.1, 0.15) is 16.9 Å². The van der Waals surface area contributed by atoms with Crippen molar-refractivity contribution in [2.45, 2.75) is 19.4 Å². The summed E-state index contributed by atoms with van der Waals surface area (Å²) in [6.45, 7) is 5.95. The van der Waals surface area contributed by atoms with Crippen molar-refractivity contribution in [1.29, 1.82) is 0 Å². The summed E-state index contributed by atoms with van der Waals surface area (Å²) in [7, 11) is 1.76. The van der Waals surface area contributed by atoms with Gasteiger partial charge in [0, 0.05) is 18.7 Å². The van der Waals surface area contributed by atoms with Crippen molar-refractivity contribution in [2.24, 2.45) is 0 Å². The van der Waals surface area contributed by atoms with E-state index in [1.165, 1.54) is 11.1 Å². The topological polar surface area (TPSA) is 45.5 Å². The number of aryl methyl sites for hydroxylation is 1. The van der Waals surface area contributed by atoms with Crippen molar-refractivity contribution in [2.75, 3.05) is 7.05 Å². The first kappa shape index (κ1) is 22.2. The quantitative estimate of drug-likeness (QED) is 0.281. The van der Waals surface area contributed by atoms with Crippen molar-refractivity contribution in [3.8, 4) is 11.3 Å². The standard InChI is InChI=1S/C26H26N2O2S/c1-4-22(16-20-8-6-5-7-9-20)28(3)26(29)24(27-18-31)17-23-14-15-25(30-23)21-12-10-19(2)11-13-21/h4-15,17-18,22H,1,16H2,2-3H3,(H,27,31)/b24-17+. The minimum Gasteiger partial charge on any atom is -0.457 e. The number of likely N-dealkylation sites (N-methyl/N-ethyl adjacent to an activating group) is 1. The first-order valence-corrected chi connectivity index (χ1v) is 10.5. The Morgan fingerprint density at radius 2 is 1.84 bits per heavy atom. The number of rotatable bonds is 9. The average Bonchev–Trinajstić information content (AvgIpc) is 3.26. The normalized spacial score (nSPS) is 12.1. The number of furan rings is 1. The molecule has 0 radical (unpaired) electrons. The van der Waals surface area contributed by atoms with Crippen LogP contribution in [0, 0.1) is 6.92 Å². The van der Waals surface area contributed by atoms with Crippen LogP contribution in [-0.2, 0) is 11.2 Å². The smallest absolute Gasteiger partial charge is 0.270 e. The molecule has 0 bridgehead atoms. The highest BCUT2D eigenvalue weighted by Gasteiger charge is 2.21. The molecule has 0 aliphatic heterocycles. The minimum atomic E-state index is -0.199. The van der Waals surface area contributed by atoms with Crippen LogP contribution in [0.4, 0.5) is 0 Å². The molecule has 0 fully saturated rings. The fourth-order valence-electron chi connectivity index (χ4n) is 3.25. The molecule has 1 N–H and O–H groups in total. The number of carbonyl (C=O) groups excluding carboxylic acids is 1. The Kier molecular flexibility index (Phi) is 7.57. The molecule has 0 aliphatic rings. The molecule has 1 aromatic heterocycles. The van der Waals surface area contributed by atoms with Gasteiger partial charge >= 0.3 is 0 Å². The molecule has 0 spiro atoms. The Hall–Kier alpha value is -3.44. The van der Waals surface area contributed by atoms with Gasteiger partial charge in [-0.15, -0.1) is 6.58 Å². The Morgan fingerprint density at radius 1 is 1.13 bits per heavy atom. The second kappa shape index (κ2) is 10.5. The molecule has 1 unspecified atom stereocenters. The van der Waals surface area contributed by atoms with Crippen molar-refractivity contribution >= 4 is 29.7 Å². The van der Waals surface area contributed by atoms with Crippen LogP contribution < -0.4 is 5.32 Å². The van der Waals surface area contributed by atoms with Crippen LogP contribution in [0.15, 0.2) is 89.5 Å². The summed E-state index contributed by atoms with van der Waals surface area (Å²) in [4.78, 5) is 14.8. The molecule has 4 nitrogen and oxygen atoms in total. The monoisotopic (exact) mass is 430 g/mol. The molecule has 5 heteroatoms. The van der Waals surface area contributed by atoms with Crippen LogP contribution in [0.2, 0.25) is 0 Å². The van der Waals surface area contributed by atoms with E-state index in [4.69, 9.17) is 16.6 Å². The Bertz CT molecular complexity index is 1070. The Morgan fingerprint density at radius 3 is 2.48 bits per heavy atom. The number of nitrogens with one attached hydrogen (secondary N) is 1. The van der Waals surface area contributed by atoms with Gasteiger partial charge < -0.3 is 14.6 Å². The maximum absolute atomic E-state index is 13.2. The van der Waals surface area contributed by atoms with Crippen LogP contribution >= 0.6 is 12.2 Å². The third kappa shape index (κ3) is 5.80. The number of hydrogen-bond acceptors (Lipinski definition) is 3. The molecule has 0 aliphatic carbocycles. The molecule has 1 atom stereocenters. The summed E-state index contributed by atoms with van der Waals surface area (Å²) in [6.07, 6.45) is 4.13. The average molecular weight is 431 g/mol. The highest BCUT2D eigenvalue weighted by molar-refractivity contribution is 7.78. The van der Waals surface area contributed by atoms with E-state index in [0.29, 0.717) is 17.9 Å². The summed E-state index contributed by atoms with van der Waals surface area (Å²) in [5.41, 5.74) is 4.95. The fraction of sp³-hybridized carbons (Fsp3) is 0.154. The summed E-state index contributed by atoms with van der Waals surface area (Å²) in [6, 6.07) is 21.7. The summed E-state index contributed by atoms with van der Waals surface area (Å²) in [5.74, 6) is 1.10. The van der Waals surface area contributed by atoms with Gasteiger partial charge in [0.2, 0.25) is 0 Å². The van der Waals surface area contributed by atoms with Gasteiger partial charge in [-0.1, -0.05) is 78.5 Å². The first-order chi connectivity index (χ1) is 15.0. The van der Waals surface area contributed by atoms with E-state index in [1.807, 2.05) is 73.7 Å². The van der Waals surface area contributed by atoms with E-state index in [2.05, 4.69) is 11.9 Å². The van der Waals surface area contributed by atoms with Gasteiger partial charge in [0.05, 0.1) is 11.5 Å². The maximum Gasteiger partial charge on any atom is 0.270 e. The van der Waals surface area contributed by atoms with Gasteiger partial charge in [-0.25, -0.2) is 0 Å². The number of benzene rings is 2. The van der Waals surface area contributed by atoms with E-state index < -0.39 is 0 Å². The van der Waals surface area contributed by atoms with Crippen LogP contribution in [-0.4, -0.2) is 29.4 Å². The van der Waals surface area contributed by atoms with Crippen molar-refractivity contribution in [3.63, 3.8) is 0 Å². The van der Waals surface area contributed by atoms with Crippen molar-refractivity contribution < 1.29 is 9.21 Å².